The molecule has 0 atom stereocenters. The molecule has 0 radical (unpaired) electrons. The summed E-state index contributed by atoms with van der Waals surface area (Å²) in [6, 6.07) is 13.1. The fourth-order valence-corrected chi connectivity index (χ4v) is 3.83. The highest BCUT2D eigenvalue weighted by molar-refractivity contribution is 5.92. The van der Waals surface area contributed by atoms with Gasteiger partial charge in [0.25, 0.3) is 0 Å². The van der Waals surface area contributed by atoms with Crippen LogP contribution in [0, 0.1) is 5.92 Å². The van der Waals surface area contributed by atoms with Crippen LogP contribution in [-0.4, -0.2) is 29.1 Å². The van der Waals surface area contributed by atoms with E-state index in [1.165, 1.54) is 17.7 Å². The van der Waals surface area contributed by atoms with E-state index in [1.54, 1.807) is 0 Å². The van der Waals surface area contributed by atoms with Gasteiger partial charge in [0, 0.05) is 30.3 Å². The molecule has 1 N–H and O–H groups in total. The summed E-state index contributed by atoms with van der Waals surface area (Å²) < 4.78 is 44.1. The van der Waals surface area contributed by atoms with Crippen molar-refractivity contribution < 1.29 is 22.5 Å². The lowest BCUT2D eigenvalue weighted by Crippen LogP contribution is -2.38. The van der Waals surface area contributed by atoms with Crippen LogP contribution >= 0.6 is 0 Å². The molecule has 4 rings (SSSR count). The number of nitrogens with zero attached hydrogens (tertiary/aromatic N) is 3. The number of hydrogen-bond donors (Lipinski definition) is 1. The van der Waals surface area contributed by atoms with Gasteiger partial charge in [0.05, 0.1) is 5.56 Å². The second kappa shape index (κ2) is 9.25. The molecule has 0 unspecified atom stereocenters. The van der Waals surface area contributed by atoms with Gasteiger partial charge in [-0.3, -0.25) is 4.79 Å². The van der Waals surface area contributed by atoms with E-state index in [0.29, 0.717) is 43.7 Å². The molecule has 9 heteroatoms. The quantitative estimate of drug-likeness (QED) is 0.528. The predicted molar refractivity (Wildman–Crippen MR) is 119 cm³/mol. The first-order valence-corrected chi connectivity index (χ1v) is 10.9. The van der Waals surface area contributed by atoms with Gasteiger partial charge < -0.3 is 14.7 Å². The highest BCUT2D eigenvalue weighted by Gasteiger charge is 2.31. The summed E-state index contributed by atoms with van der Waals surface area (Å²) in [4.78, 5) is 19.0. The van der Waals surface area contributed by atoms with Crippen LogP contribution in [-0.2, 0) is 11.0 Å². The van der Waals surface area contributed by atoms with Crippen molar-refractivity contribution in [2.75, 3.05) is 23.3 Å². The number of halogens is 3. The molecule has 1 amide bonds. The average Bonchev–Trinajstić information content (AvgIpc) is 3.29. The largest absolute Gasteiger partial charge is 0.416 e. The maximum Gasteiger partial charge on any atom is 0.416 e. The number of benzene rings is 2. The summed E-state index contributed by atoms with van der Waals surface area (Å²) in [6.07, 6.45) is -3.39. The van der Waals surface area contributed by atoms with Crippen LogP contribution in [0.3, 0.4) is 0 Å². The molecule has 1 aliphatic heterocycles. The van der Waals surface area contributed by atoms with Crippen molar-refractivity contribution in [1.82, 2.24) is 10.1 Å². The standard InChI is InChI=1S/C24H25F3N4O2/c1-15(2)16-6-8-17(9-7-16)21-29-23(33-30-21)31-12-10-18(11-13-31)22(32)28-20-5-3-4-19(14-20)24(25,26)27/h3-9,14-15,18H,10-13H2,1-2H3,(H,28,32). The lowest BCUT2D eigenvalue weighted by atomic mass is 9.96. The van der Waals surface area contributed by atoms with Crippen molar-refractivity contribution in [3.63, 3.8) is 0 Å². The number of amides is 1. The second-order valence-electron chi connectivity index (χ2n) is 8.51. The van der Waals surface area contributed by atoms with Gasteiger partial charge in [-0.05, 0) is 42.5 Å². The fourth-order valence-electron chi connectivity index (χ4n) is 3.83. The van der Waals surface area contributed by atoms with Crippen LogP contribution in [0.5, 0.6) is 0 Å². The number of carbonyl (C=O) groups excluding carboxylic acids is 1. The molecule has 6 nitrogen and oxygen atoms in total. The van der Waals surface area contributed by atoms with Gasteiger partial charge >= 0.3 is 12.2 Å². The first-order valence-electron chi connectivity index (χ1n) is 10.9. The van der Waals surface area contributed by atoms with Crippen molar-refractivity contribution in [2.24, 2.45) is 5.92 Å². The van der Waals surface area contributed by atoms with Crippen LogP contribution in [0.4, 0.5) is 24.9 Å². The number of rotatable bonds is 5. The zero-order chi connectivity index (χ0) is 23.6. The molecule has 0 aliphatic carbocycles. The predicted octanol–water partition coefficient (Wildman–Crippen LogP) is 5.73. The SMILES string of the molecule is CC(C)c1ccc(-c2noc(N3CCC(C(=O)Nc4cccc(C(F)(F)F)c4)CC3)n2)cc1. The van der Waals surface area contributed by atoms with E-state index >= 15 is 0 Å². The lowest BCUT2D eigenvalue weighted by Gasteiger charge is -2.29. The van der Waals surface area contributed by atoms with E-state index in [-0.39, 0.29) is 17.5 Å². The normalized spacial score (nSPS) is 15.2. The molecule has 3 aromatic rings. The minimum absolute atomic E-state index is 0.141. The Bertz CT molecular complexity index is 1100. The smallest absolute Gasteiger partial charge is 0.326 e. The number of alkyl halides is 3. The molecule has 1 saturated heterocycles. The minimum atomic E-state index is -4.45. The summed E-state index contributed by atoms with van der Waals surface area (Å²) in [5.74, 6) is 0.351. The van der Waals surface area contributed by atoms with Crippen LogP contribution < -0.4 is 10.2 Å². The first-order chi connectivity index (χ1) is 15.7. The van der Waals surface area contributed by atoms with Crippen molar-refractivity contribution in [3.05, 3.63) is 59.7 Å². The number of carbonyl (C=O) groups is 1. The Morgan fingerprint density at radius 3 is 2.45 bits per heavy atom. The molecule has 1 aliphatic rings. The van der Waals surface area contributed by atoms with Crippen molar-refractivity contribution in [3.8, 4) is 11.4 Å². The van der Waals surface area contributed by atoms with Gasteiger partial charge in [-0.1, -0.05) is 49.3 Å². The molecule has 0 spiro atoms. The number of hydrogen-bond acceptors (Lipinski definition) is 5. The Morgan fingerprint density at radius 2 is 1.82 bits per heavy atom. The first kappa shape index (κ1) is 22.8. The molecule has 2 heterocycles. The average molecular weight is 458 g/mol. The Labute approximate surface area is 189 Å². The summed E-state index contributed by atoms with van der Waals surface area (Å²) in [5, 5.41) is 6.68. The maximum absolute atomic E-state index is 12.9. The van der Waals surface area contributed by atoms with E-state index < -0.39 is 11.7 Å². The fraction of sp³-hybridized carbons (Fsp3) is 0.375. The second-order valence-corrected chi connectivity index (χ2v) is 8.51. The van der Waals surface area contributed by atoms with Gasteiger partial charge in [0.15, 0.2) is 0 Å². The third kappa shape index (κ3) is 5.35. The van der Waals surface area contributed by atoms with E-state index in [4.69, 9.17) is 4.52 Å². The van der Waals surface area contributed by atoms with Gasteiger partial charge in [0.2, 0.25) is 11.7 Å². The summed E-state index contributed by atoms with van der Waals surface area (Å²) in [6.45, 7) is 5.33. The molecular formula is C24H25F3N4O2. The third-order valence-corrected chi connectivity index (χ3v) is 5.84. The number of aromatic nitrogens is 2. The van der Waals surface area contributed by atoms with Crippen LogP contribution in [0.15, 0.2) is 53.1 Å². The highest BCUT2D eigenvalue weighted by Crippen LogP contribution is 2.31. The molecule has 2 aromatic carbocycles. The van der Waals surface area contributed by atoms with Crippen LogP contribution in [0.1, 0.15) is 43.7 Å². The van der Waals surface area contributed by atoms with Crippen molar-refractivity contribution >= 4 is 17.6 Å². The topological polar surface area (TPSA) is 71.3 Å². The number of anilines is 2. The summed E-state index contributed by atoms with van der Waals surface area (Å²) in [5.41, 5.74) is 1.45. The van der Waals surface area contributed by atoms with Gasteiger partial charge in [-0.2, -0.15) is 18.2 Å². The summed E-state index contributed by atoms with van der Waals surface area (Å²) >= 11 is 0. The monoisotopic (exact) mass is 458 g/mol. The molecule has 0 saturated carbocycles. The van der Waals surface area contributed by atoms with Gasteiger partial charge in [-0.15, -0.1) is 0 Å². The Hall–Kier alpha value is -3.36. The van der Waals surface area contributed by atoms with Crippen LogP contribution in [0.25, 0.3) is 11.4 Å². The molecule has 33 heavy (non-hydrogen) atoms. The van der Waals surface area contributed by atoms with Gasteiger partial charge in [0.1, 0.15) is 0 Å². The zero-order valence-electron chi connectivity index (χ0n) is 18.4. The Kier molecular flexibility index (Phi) is 6.40. The molecular weight excluding hydrogens is 433 g/mol. The van der Waals surface area contributed by atoms with E-state index in [2.05, 4.69) is 29.3 Å². The lowest BCUT2D eigenvalue weighted by molar-refractivity contribution is -0.137. The molecule has 1 fully saturated rings. The number of nitrogens with one attached hydrogen (secondary N) is 1. The van der Waals surface area contributed by atoms with Gasteiger partial charge in [-0.25, -0.2) is 0 Å². The molecule has 1 aromatic heterocycles. The van der Waals surface area contributed by atoms with E-state index in [1.807, 2.05) is 29.2 Å². The highest BCUT2D eigenvalue weighted by atomic mass is 19.4. The molecule has 0 bridgehead atoms. The van der Waals surface area contributed by atoms with E-state index in [0.717, 1.165) is 17.7 Å². The van der Waals surface area contributed by atoms with Crippen molar-refractivity contribution in [2.45, 2.75) is 38.8 Å². The zero-order valence-corrected chi connectivity index (χ0v) is 18.4. The Morgan fingerprint density at radius 1 is 1.12 bits per heavy atom. The Balaban J connectivity index is 1.34. The van der Waals surface area contributed by atoms with E-state index in [9.17, 15) is 18.0 Å². The van der Waals surface area contributed by atoms with Crippen molar-refractivity contribution in [1.29, 1.82) is 0 Å². The van der Waals surface area contributed by atoms with Crippen LogP contribution in [0.2, 0.25) is 0 Å². The minimum Gasteiger partial charge on any atom is -0.326 e. The summed E-state index contributed by atoms with van der Waals surface area (Å²) in [7, 11) is 0. The molecule has 174 valence electrons. The maximum atomic E-state index is 12.9. The third-order valence-electron chi connectivity index (χ3n) is 5.84. The number of piperidine rings is 1.